The number of para-hydroxylation sites is 1. The number of amides is 2. The Balaban J connectivity index is 1.35. The van der Waals surface area contributed by atoms with E-state index in [9.17, 15) is 9.59 Å². The molecule has 0 saturated heterocycles. The fourth-order valence-corrected chi connectivity index (χ4v) is 5.65. The van der Waals surface area contributed by atoms with Crippen LogP contribution in [0.1, 0.15) is 37.3 Å². The average molecular weight is 548 g/mol. The molecule has 1 heterocycles. The molecular weight excluding hydrogens is 514 g/mol. The summed E-state index contributed by atoms with van der Waals surface area (Å²) < 4.78 is 0. The number of unbranched alkanes of at least 4 members (excludes halogenated alkanes) is 1. The molecule has 1 aliphatic rings. The Morgan fingerprint density at radius 3 is 2.55 bits per heavy atom. The van der Waals surface area contributed by atoms with Crippen LogP contribution in [0.2, 0.25) is 5.02 Å². The maximum Gasteiger partial charge on any atom is 0.265 e. The molecule has 38 heavy (non-hydrogen) atoms. The normalized spacial score (nSPS) is 14.1. The third-order valence-corrected chi connectivity index (χ3v) is 7.64. The maximum atomic E-state index is 13.4. The smallest absolute Gasteiger partial charge is 0.265 e. The van der Waals surface area contributed by atoms with E-state index in [1.54, 1.807) is 11.0 Å². The highest BCUT2D eigenvalue weighted by atomic mass is 35.5. The summed E-state index contributed by atoms with van der Waals surface area (Å²) in [6.45, 7) is 5.61. The number of halogens is 1. The Labute approximate surface area is 234 Å². The van der Waals surface area contributed by atoms with Gasteiger partial charge in [-0.2, -0.15) is 0 Å². The van der Waals surface area contributed by atoms with Crippen LogP contribution in [-0.2, 0) is 16.1 Å². The SMILES string of the molecule is CCCCN(CCCNC(=O)CN1C(=O)/C(=C/c2cccc(Cl)c2)Sc2ccccc21)Cc1ccccc1. The molecule has 3 aromatic carbocycles. The lowest BCUT2D eigenvalue weighted by Crippen LogP contribution is -2.43. The third-order valence-electron chi connectivity index (χ3n) is 6.33. The largest absolute Gasteiger partial charge is 0.355 e. The number of hydrogen-bond donors (Lipinski definition) is 1. The van der Waals surface area contributed by atoms with E-state index in [0.717, 1.165) is 55.0 Å². The summed E-state index contributed by atoms with van der Waals surface area (Å²) in [6, 6.07) is 25.6. The fraction of sp³-hybridized carbons (Fsp3) is 0.290. The Bertz CT molecular complexity index is 1260. The molecule has 1 aliphatic heterocycles. The molecule has 4 rings (SSSR count). The number of hydrogen-bond acceptors (Lipinski definition) is 4. The van der Waals surface area contributed by atoms with Crippen molar-refractivity contribution in [2.75, 3.05) is 31.1 Å². The van der Waals surface area contributed by atoms with Gasteiger partial charge in [-0.05, 0) is 60.9 Å². The summed E-state index contributed by atoms with van der Waals surface area (Å²) in [6.07, 6.45) is 4.98. The van der Waals surface area contributed by atoms with Crippen molar-refractivity contribution < 1.29 is 9.59 Å². The molecule has 0 radical (unpaired) electrons. The number of nitrogens with zero attached hydrogens (tertiary/aromatic N) is 2. The predicted octanol–water partition coefficient (Wildman–Crippen LogP) is 6.63. The van der Waals surface area contributed by atoms with Crippen molar-refractivity contribution in [2.45, 2.75) is 37.6 Å². The molecule has 7 heteroatoms. The molecule has 198 valence electrons. The van der Waals surface area contributed by atoms with E-state index >= 15 is 0 Å². The minimum absolute atomic E-state index is 0.0210. The Morgan fingerprint density at radius 1 is 1.00 bits per heavy atom. The summed E-state index contributed by atoms with van der Waals surface area (Å²) in [5, 5.41) is 3.64. The summed E-state index contributed by atoms with van der Waals surface area (Å²) in [7, 11) is 0. The van der Waals surface area contributed by atoms with Gasteiger partial charge in [-0.15, -0.1) is 0 Å². The van der Waals surface area contributed by atoms with Crippen LogP contribution in [0.3, 0.4) is 0 Å². The number of carbonyl (C=O) groups is 2. The first-order valence-corrected chi connectivity index (χ1v) is 14.3. The van der Waals surface area contributed by atoms with E-state index < -0.39 is 0 Å². The molecule has 0 spiro atoms. The number of anilines is 1. The Kier molecular flexibility index (Phi) is 10.4. The first kappa shape index (κ1) is 28.0. The van der Waals surface area contributed by atoms with Gasteiger partial charge in [-0.3, -0.25) is 19.4 Å². The molecule has 0 fully saturated rings. The van der Waals surface area contributed by atoms with E-state index in [0.29, 0.717) is 16.5 Å². The van der Waals surface area contributed by atoms with Crippen LogP contribution in [0.15, 0.2) is 88.7 Å². The topological polar surface area (TPSA) is 52.7 Å². The summed E-state index contributed by atoms with van der Waals surface area (Å²) >= 11 is 7.55. The van der Waals surface area contributed by atoms with Gasteiger partial charge in [0.25, 0.3) is 5.91 Å². The van der Waals surface area contributed by atoms with E-state index in [1.807, 2.05) is 54.6 Å². The van der Waals surface area contributed by atoms with E-state index in [4.69, 9.17) is 11.6 Å². The highest BCUT2D eigenvalue weighted by Gasteiger charge is 2.30. The lowest BCUT2D eigenvalue weighted by atomic mass is 10.2. The van der Waals surface area contributed by atoms with Crippen molar-refractivity contribution in [3.63, 3.8) is 0 Å². The van der Waals surface area contributed by atoms with Crippen molar-refractivity contribution in [1.29, 1.82) is 0 Å². The highest BCUT2D eigenvalue weighted by Crippen LogP contribution is 2.42. The first-order chi connectivity index (χ1) is 18.5. The van der Waals surface area contributed by atoms with Gasteiger partial charge in [0.05, 0.1) is 10.6 Å². The minimum atomic E-state index is -0.183. The van der Waals surface area contributed by atoms with Crippen molar-refractivity contribution in [3.8, 4) is 0 Å². The molecule has 1 N–H and O–H groups in total. The monoisotopic (exact) mass is 547 g/mol. The number of thioether (sulfide) groups is 1. The second-order valence-corrected chi connectivity index (χ2v) is 10.9. The standard InChI is InChI=1S/C31H34ClN3O2S/c1-2-3-18-34(22-24-11-5-4-6-12-24)19-10-17-33-30(36)23-35-27-15-7-8-16-28(27)38-29(31(35)37)21-25-13-9-14-26(32)20-25/h4-9,11-16,20-21H,2-3,10,17-19,22-23H2,1H3,(H,33,36)/b29-21-. The zero-order valence-corrected chi connectivity index (χ0v) is 23.3. The Hall–Kier alpha value is -3.06. The van der Waals surface area contributed by atoms with Crippen LogP contribution in [0.25, 0.3) is 6.08 Å². The summed E-state index contributed by atoms with van der Waals surface area (Å²) in [5.41, 5.74) is 2.91. The number of carbonyl (C=O) groups excluding carboxylic acids is 2. The number of benzene rings is 3. The molecule has 2 amide bonds. The van der Waals surface area contributed by atoms with Gasteiger partial charge >= 0.3 is 0 Å². The lowest BCUT2D eigenvalue weighted by molar-refractivity contribution is -0.122. The number of nitrogens with one attached hydrogen (secondary N) is 1. The van der Waals surface area contributed by atoms with Crippen molar-refractivity contribution in [1.82, 2.24) is 10.2 Å². The summed E-state index contributed by atoms with van der Waals surface area (Å²) in [4.78, 5) is 31.9. The third kappa shape index (κ3) is 7.97. The number of rotatable bonds is 12. The zero-order chi connectivity index (χ0) is 26.7. The van der Waals surface area contributed by atoms with Gasteiger partial charge in [-0.1, -0.05) is 91.3 Å². The number of fused-ring (bicyclic) bond motifs is 1. The van der Waals surface area contributed by atoms with Crippen LogP contribution in [0.5, 0.6) is 0 Å². The summed E-state index contributed by atoms with van der Waals surface area (Å²) in [5.74, 6) is -0.345. The minimum Gasteiger partial charge on any atom is -0.355 e. The van der Waals surface area contributed by atoms with Crippen LogP contribution < -0.4 is 10.2 Å². The molecule has 0 atom stereocenters. The van der Waals surface area contributed by atoms with E-state index in [-0.39, 0.29) is 18.4 Å². The Morgan fingerprint density at radius 2 is 1.76 bits per heavy atom. The average Bonchev–Trinajstić information content (AvgIpc) is 2.92. The molecule has 0 aliphatic carbocycles. The van der Waals surface area contributed by atoms with Crippen LogP contribution in [-0.4, -0.2) is 42.9 Å². The second-order valence-electron chi connectivity index (χ2n) is 9.34. The van der Waals surface area contributed by atoms with Gasteiger partial charge in [0.2, 0.25) is 5.91 Å². The van der Waals surface area contributed by atoms with Crippen molar-refractivity contribution in [3.05, 3.63) is 99.9 Å². The molecule has 0 unspecified atom stereocenters. The van der Waals surface area contributed by atoms with Gasteiger partial charge in [-0.25, -0.2) is 0 Å². The van der Waals surface area contributed by atoms with Crippen molar-refractivity contribution >= 4 is 46.9 Å². The first-order valence-electron chi connectivity index (χ1n) is 13.1. The van der Waals surface area contributed by atoms with Crippen LogP contribution in [0, 0.1) is 0 Å². The molecular formula is C31H34ClN3O2S. The van der Waals surface area contributed by atoms with Crippen molar-refractivity contribution in [2.24, 2.45) is 0 Å². The van der Waals surface area contributed by atoms with Gasteiger partial charge in [0, 0.05) is 29.6 Å². The fourth-order valence-electron chi connectivity index (χ4n) is 4.39. The molecule has 3 aromatic rings. The van der Waals surface area contributed by atoms with Crippen LogP contribution in [0.4, 0.5) is 5.69 Å². The maximum absolute atomic E-state index is 13.4. The van der Waals surface area contributed by atoms with E-state index in [1.165, 1.54) is 17.3 Å². The molecule has 0 saturated carbocycles. The molecule has 0 bridgehead atoms. The van der Waals surface area contributed by atoms with Crippen LogP contribution >= 0.6 is 23.4 Å². The second kappa shape index (κ2) is 14.2. The van der Waals surface area contributed by atoms with E-state index in [2.05, 4.69) is 41.4 Å². The van der Waals surface area contributed by atoms with Gasteiger partial charge < -0.3 is 5.32 Å². The van der Waals surface area contributed by atoms with Gasteiger partial charge in [0.1, 0.15) is 6.54 Å². The predicted molar refractivity (Wildman–Crippen MR) is 158 cm³/mol. The molecule has 5 nitrogen and oxygen atoms in total. The molecule has 0 aromatic heterocycles. The quantitative estimate of drug-likeness (QED) is 0.204. The highest BCUT2D eigenvalue weighted by molar-refractivity contribution is 8.04. The van der Waals surface area contributed by atoms with Gasteiger partial charge in [0.15, 0.2) is 0 Å². The zero-order valence-electron chi connectivity index (χ0n) is 21.7. The lowest BCUT2D eigenvalue weighted by Gasteiger charge is -2.30.